The summed E-state index contributed by atoms with van der Waals surface area (Å²) < 4.78 is 9.96. The van der Waals surface area contributed by atoms with Crippen molar-refractivity contribution in [2.24, 2.45) is 0 Å². The molecule has 1 amide bonds. The molecule has 0 aliphatic carbocycles. The van der Waals surface area contributed by atoms with E-state index in [9.17, 15) is 9.59 Å². The molecule has 1 aromatic carbocycles. The first kappa shape index (κ1) is 14.0. The Morgan fingerprint density at radius 1 is 1.28 bits per heavy atom. The number of esters is 1. The van der Waals surface area contributed by atoms with Gasteiger partial charge in [-0.05, 0) is 18.6 Å². The van der Waals surface area contributed by atoms with Gasteiger partial charge < -0.3 is 14.8 Å². The number of amides is 1. The molecular formula is C13H17NO4. The molecule has 0 spiro atoms. The zero-order valence-electron chi connectivity index (χ0n) is 10.5. The molecule has 0 aliphatic heterocycles. The second-order valence-electron chi connectivity index (χ2n) is 3.62. The Hall–Kier alpha value is -2.04. The van der Waals surface area contributed by atoms with Crippen LogP contribution in [0, 0.1) is 0 Å². The number of hydrogen-bond donors (Lipinski definition) is 1. The van der Waals surface area contributed by atoms with Crippen LogP contribution in [0.15, 0.2) is 30.3 Å². The Labute approximate surface area is 106 Å². The molecule has 0 saturated heterocycles. The molecular weight excluding hydrogens is 234 g/mol. The lowest BCUT2D eigenvalue weighted by Gasteiger charge is -2.16. The van der Waals surface area contributed by atoms with E-state index in [1.54, 1.807) is 12.1 Å². The van der Waals surface area contributed by atoms with E-state index in [2.05, 4.69) is 10.1 Å². The van der Waals surface area contributed by atoms with Gasteiger partial charge in [0.15, 0.2) is 6.10 Å². The lowest BCUT2D eigenvalue weighted by atomic mass is 10.2. The van der Waals surface area contributed by atoms with Crippen LogP contribution in [0.25, 0.3) is 0 Å². The minimum atomic E-state index is -0.614. The minimum absolute atomic E-state index is 0.149. The molecule has 5 heteroatoms. The molecule has 5 nitrogen and oxygen atoms in total. The summed E-state index contributed by atoms with van der Waals surface area (Å²) in [6, 6.07) is 9.07. The molecule has 0 heterocycles. The van der Waals surface area contributed by atoms with Gasteiger partial charge in [0.05, 0.1) is 7.11 Å². The van der Waals surface area contributed by atoms with Crippen molar-refractivity contribution in [2.75, 3.05) is 13.7 Å². The molecule has 0 unspecified atom stereocenters. The van der Waals surface area contributed by atoms with Crippen LogP contribution in [0.4, 0.5) is 0 Å². The minimum Gasteiger partial charge on any atom is -0.481 e. The molecule has 0 bridgehead atoms. The van der Waals surface area contributed by atoms with Gasteiger partial charge in [-0.1, -0.05) is 25.1 Å². The molecule has 1 atom stereocenters. The van der Waals surface area contributed by atoms with Crippen LogP contribution in [0.3, 0.4) is 0 Å². The summed E-state index contributed by atoms with van der Waals surface area (Å²) in [6.07, 6.45) is -0.0981. The highest BCUT2D eigenvalue weighted by Crippen LogP contribution is 2.12. The lowest BCUT2D eigenvalue weighted by molar-refractivity contribution is -0.142. The lowest BCUT2D eigenvalue weighted by Crippen LogP contribution is -2.40. The van der Waals surface area contributed by atoms with Gasteiger partial charge in [0.1, 0.15) is 12.3 Å². The first-order valence-electron chi connectivity index (χ1n) is 5.73. The highest BCUT2D eigenvalue weighted by molar-refractivity contribution is 5.85. The van der Waals surface area contributed by atoms with Crippen molar-refractivity contribution in [3.63, 3.8) is 0 Å². The number of methoxy groups -OCH3 is 1. The number of carbonyl (C=O) groups is 2. The first-order valence-corrected chi connectivity index (χ1v) is 5.73. The summed E-state index contributed by atoms with van der Waals surface area (Å²) in [5, 5.41) is 2.47. The number of para-hydroxylation sites is 1. The number of ether oxygens (including phenoxy) is 2. The van der Waals surface area contributed by atoms with Crippen LogP contribution >= 0.6 is 0 Å². The largest absolute Gasteiger partial charge is 0.481 e. The standard InChI is InChI=1S/C13H17NO4/c1-3-11(13(16)14-9-12(15)17-2)18-10-7-5-4-6-8-10/h4-8,11H,3,9H2,1-2H3,(H,14,16)/t11-/m1/s1. The van der Waals surface area contributed by atoms with Gasteiger partial charge in [-0.25, -0.2) is 0 Å². The maximum atomic E-state index is 11.8. The molecule has 0 aromatic heterocycles. The third kappa shape index (κ3) is 4.45. The van der Waals surface area contributed by atoms with Crippen molar-refractivity contribution < 1.29 is 19.1 Å². The van der Waals surface area contributed by atoms with Gasteiger partial charge in [-0.2, -0.15) is 0 Å². The summed E-state index contributed by atoms with van der Waals surface area (Å²) in [5.41, 5.74) is 0. The van der Waals surface area contributed by atoms with Gasteiger partial charge in [0.25, 0.3) is 5.91 Å². The van der Waals surface area contributed by atoms with Crippen molar-refractivity contribution in [1.29, 1.82) is 0 Å². The Bertz CT molecular complexity index is 391. The SMILES string of the molecule is CC[C@@H](Oc1ccccc1)C(=O)NCC(=O)OC. The Kier molecular flexibility index (Phi) is 5.70. The zero-order valence-corrected chi connectivity index (χ0v) is 10.5. The summed E-state index contributed by atoms with van der Waals surface area (Å²) in [6.45, 7) is 1.69. The van der Waals surface area contributed by atoms with Crippen molar-refractivity contribution in [3.05, 3.63) is 30.3 Å². The summed E-state index contributed by atoms with van der Waals surface area (Å²) in [7, 11) is 1.27. The number of hydrogen-bond acceptors (Lipinski definition) is 4. The van der Waals surface area contributed by atoms with Gasteiger partial charge in [0, 0.05) is 0 Å². The van der Waals surface area contributed by atoms with Crippen LogP contribution in [0.5, 0.6) is 5.75 Å². The second kappa shape index (κ2) is 7.32. The van der Waals surface area contributed by atoms with E-state index < -0.39 is 12.1 Å². The highest BCUT2D eigenvalue weighted by Gasteiger charge is 2.18. The first-order chi connectivity index (χ1) is 8.67. The monoisotopic (exact) mass is 251 g/mol. The zero-order chi connectivity index (χ0) is 13.4. The molecule has 1 rings (SSSR count). The molecule has 98 valence electrons. The van der Waals surface area contributed by atoms with Gasteiger partial charge >= 0.3 is 5.97 Å². The Morgan fingerprint density at radius 2 is 1.94 bits per heavy atom. The maximum absolute atomic E-state index is 11.8. The van der Waals surface area contributed by atoms with E-state index in [-0.39, 0.29) is 12.5 Å². The molecule has 18 heavy (non-hydrogen) atoms. The molecule has 1 N–H and O–H groups in total. The number of nitrogens with one attached hydrogen (secondary N) is 1. The summed E-state index contributed by atoms with van der Waals surface area (Å²) in [5.74, 6) is -0.192. The van der Waals surface area contributed by atoms with E-state index in [4.69, 9.17) is 4.74 Å². The third-order valence-electron chi connectivity index (χ3n) is 2.32. The number of benzene rings is 1. The molecule has 0 radical (unpaired) electrons. The van der Waals surface area contributed by atoms with Gasteiger partial charge in [-0.3, -0.25) is 9.59 Å². The van der Waals surface area contributed by atoms with E-state index in [0.717, 1.165) is 0 Å². The Balaban J connectivity index is 2.50. The third-order valence-corrected chi connectivity index (χ3v) is 2.32. The normalized spacial score (nSPS) is 11.4. The summed E-state index contributed by atoms with van der Waals surface area (Å²) in [4.78, 5) is 22.7. The quantitative estimate of drug-likeness (QED) is 0.770. The highest BCUT2D eigenvalue weighted by atomic mass is 16.5. The topological polar surface area (TPSA) is 64.6 Å². The smallest absolute Gasteiger partial charge is 0.325 e. The van der Waals surface area contributed by atoms with Crippen LogP contribution in [0.2, 0.25) is 0 Å². The molecule has 0 fully saturated rings. The van der Waals surface area contributed by atoms with E-state index >= 15 is 0 Å². The molecule has 0 saturated carbocycles. The predicted octanol–water partition coefficient (Wildman–Crippen LogP) is 1.13. The van der Waals surface area contributed by atoms with Crippen LogP contribution in [-0.4, -0.2) is 31.6 Å². The fourth-order valence-electron chi connectivity index (χ4n) is 1.33. The summed E-state index contributed by atoms with van der Waals surface area (Å²) >= 11 is 0. The number of rotatable bonds is 6. The van der Waals surface area contributed by atoms with E-state index in [1.165, 1.54) is 7.11 Å². The fraction of sp³-hybridized carbons (Fsp3) is 0.385. The molecule has 0 aliphatic rings. The van der Waals surface area contributed by atoms with Crippen molar-refractivity contribution in [1.82, 2.24) is 5.32 Å². The molecule has 1 aromatic rings. The van der Waals surface area contributed by atoms with Crippen LogP contribution in [0.1, 0.15) is 13.3 Å². The van der Waals surface area contributed by atoms with Crippen LogP contribution in [-0.2, 0) is 14.3 Å². The van der Waals surface area contributed by atoms with E-state index in [1.807, 2.05) is 25.1 Å². The van der Waals surface area contributed by atoms with Crippen molar-refractivity contribution in [2.45, 2.75) is 19.4 Å². The number of carbonyl (C=O) groups excluding carboxylic acids is 2. The fourth-order valence-corrected chi connectivity index (χ4v) is 1.33. The predicted molar refractivity (Wildman–Crippen MR) is 66.2 cm³/mol. The van der Waals surface area contributed by atoms with Gasteiger partial charge in [0.2, 0.25) is 0 Å². The maximum Gasteiger partial charge on any atom is 0.325 e. The average Bonchev–Trinajstić information content (AvgIpc) is 2.42. The van der Waals surface area contributed by atoms with Crippen LogP contribution < -0.4 is 10.1 Å². The second-order valence-corrected chi connectivity index (χ2v) is 3.62. The Morgan fingerprint density at radius 3 is 2.50 bits per heavy atom. The van der Waals surface area contributed by atoms with Gasteiger partial charge in [-0.15, -0.1) is 0 Å². The van der Waals surface area contributed by atoms with E-state index in [0.29, 0.717) is 12.2 Å². The van der Waals surface area contributed by atoms with Crippen molar-refractivity contribution >= 4 is 11.9 Å². The average molecular weight is 251 g/mol. The van der Waals surface area contributed by atoms with Crippen molar-refractivity contribution in [3.8, 4) is 5.75 Å².